The van der Waals surface area contributed by atoms with E-state index in [1.807, 2.05) is 0 Å². The van der Waals surface area contributed by atoms with Crippen molar-refractivity contribution in [3.8, 4) is 0 Å². The Morgan fingerprint density at radius 2 is 1.61 bits per heavy atom. The Morgan fingerprint density at radius 1 is 1.06 bits per heavy atom. The van der Waals surface area contributed by atoms with Crippen LogP contribution in [0, 0.1) is 0 Å². The molecule has 2 N–H and O–H groups in total. The van der Waals surface area contributed by atoms with Gasteiger partial charge in [0.25, 0.3) is 0 Å². The molecule has 18 heavy (non-hydrogen) atoms. The summed E-state index contributed by atoms with van der Waals surface area (Å²) >= 11 is 4.45. The number of hydrogen-bond donors (Lipinski definition) is 1. The lowest BCUT2D eigenvalue weighted by molar-refractivity contribution is -0.143. The fraction of sp³-hybridized carbons (Fsp3) is 0.300. The van der Waals surface area contributed by atoms with Gasteiger partial charge in [0.15, 0.2) is 0 Å². The third-order valence-corrected chi connectivity index (χ3v) is 2.25. The Labute approximate surface area is 104 Å². The number of benzene rings is 1. The van der Waals surface area contributed by atoms with E-state index in [-0.39, 0.29) is 16.6 Å². The molecule has 100 valence electrons. The second-order valence-electron chi connectivity index (χ2n) is 3.51. The summed E-state index contributed by atoms with van der Waals surface area (Å²) in [6.45, 7) is 0. The summed E-state index contributed by atoms with van der Waals surface area (Å²) in [4.78, 5) is -0.222. The number of halogens is 6. The summed E-state index contributed by atoms with van der Waals surface area (Å²) in [5, 5.41) is 0. The first-order valence-electron chi connectivity index (χ1n) is 4.57. The zero-order valence-electron chi connectivity index (χ0n) is 8.69. The quantitative estimate of drug-likeness (QED) is 0.665. The van der Waals surface area contributed by atoms with E-state index in [2.05, 4.69) is 12.2 Å². The Morgan fingerprint density at radius 3 is 2.00 bits per heavy atom. The van der Waals surface area contributed by atoms with Crippen LogP contribution in [0.2, 0.25) is 0 Å². The molecule has 1 rings (SSSR count). The maximum atomic E-state index is 12.6. The molecule has 0 aliphatic heterocycles. The van der Waals surface area contributed by atoms with Crippen molar-refractivity contribution in [3.63, 3.8) is 0 Å². The smallest absolute Gasteiger partial charge is 0.393 e. The molecule has 0 atom stereocenters. The predicted octanol–water partition coefficient (Wildman–Crippen LogP) is 3.55. The molecular formula is C10H7F6NS. The Hall–Kier alpha value is -1.31. The summed E-state index contributed by atoms with van der Waals surface area (Å²) in [7, 11) is 0. The van der Waals surface area contributed by atoms with E-state index in [1.165, 1.54) is 0 Å². The van der Waals surface area contributed by atoms with E-state index in [9.17, 15) is 26.3 Å². The minimum Gasteiger partial charge on any atom is -0.393 e. The first-order chi connectivity index (χ1) is 8.01. The Kier molecular flexibility index (Phi) is 3.89. The molecule has 0 radical (unpaired) electrons. The molecular weight excluding hydrogens is 280 g/mol. The maximum absolute atomic E-state index is 12.6. The van der Waals surface area contributed by atoms with Gasteiger partial charge in [-0.15, -0.1) is 0 Å². The normalized spacial score (nSPS) is 12.6. The largest absolute Gasteiger partial charge is 0.416 e. The van der Waals surface area contributed by atoms with Crippen LogP contribution < -0.4 is 5.73 Å². The first kappa shape index (κ1) is 14.7. The van der Waals surface area contributed by atoms with Gasteiger partial charge in [0.05, 0.1) is 16.1 Å². The highest BCUT2D eigenvalue weighted by Crippen LogP contribution is 2.37. The molecule has 1 nitrogen and oxygen atoms in total. The molecule has 0 saturated carbocycles. The van der Waals surface area contributed by atoms with E-state index in [1.54, 1.807) is 0 Å². The van der Waals surface area contributed by atoms with Gasteiger partial charge in [0, 0.05) is 6.42 Å². The second kappa shape index (κ2) is 4.75. The molecule has 0 amide bonds. The molecule has 0 aromatic heterocycles. The van der Waals surface area contributed by atoms with Gasteiger partial charge in [-0.05, 0) is 17.7 Å². The average Bonchev–Trinajstić information content (AvgIpc) is 2.13. The van der Waals surface area contributed by atoms with Crippen LogP contribution in [-0.4, -0.2) is 4.99 Å². The molecule has 0 heterocycles. The standard InChI is InChI=1S/C10H7F6NS/c11-9(12,13)6-2-1-5(3-8(17)18)7(4-6)10(14,15)16/h1-2,4H,3H2,(H2,17,18). The Bertz CT molecular complexity index is 462. The summed E-state index contributed by atoms with van der Waals surface area (Å²) < 4.78 is 74.8. The fourth-order valence-corrected chi connectivity index (χ4v) is 1.51. The predicted molar refractivity (Wildman–Crippen MR) is 56.9 cm³/mol. The van der Waals surface area contributed by atoms with Crippen LogP contribution in [0.1, 0.15) is 16.7 Å². The molecule has 1 aromatic carbocycles. The zero-order chi connectivity index (χ0) is 14.1. The Balaban J connectivity index is 3.34. The summed E-state index contributed by atoms with van der Waals surface area (Å²) in [6.07, 6.45) is -10.1. The number of nitrogens with two attached hydrogens (primary N) is 1. The van der Waals surface area contributed by atoms with Gasteiger partial charge in [-0.1, -0.05) is 18.3 Å². The fourth-order valence-electron chi connectivity index (χ4n) is 1.36. The topological polar surface area (TPSA) is 26.0 Å². The lowest BCUT2D eigenvalue weighted by atomic mass is 10.0. The molecule has 0 saturated heterocycles. The van der Waals surface area contributed by atoms with Crippen molar-refractivity contribution in [3.05, 3.63) is 34.9 Å². The van der Waals surface area contributed by atoms with Gasteiger partial charge in [-0.3, -0.25) is 0 Å². The van der Waals surface area contributed by atoms with Gasteiger partial charge in [-0.25, -0.2) is 0 Å². The van der Waals surface area contributed by atoms with Crippen LogP contribution >= 0.6 is 12.2 Å². The van der Waals surface area contributed by atoms with Crippen molar-refractivity contribution in [1.82, 2.24) is 0 Å². The van der Waals surface area contributed by atoms with Crippen molar-refractivity contribution in [2.75, 3.05) is 0 Å². The molecule has 0 aliphatic carbocycles. The number of rotatable bonds is 2. The third kappa shape index (κ3) is 3.59. The maximum Gasteiger partial charge on any atom is 0.416 e. The summed E-state index contributed by atoms with van der Waals surface area (Å²) in [6, 6.07) is 1.38. The highest BCUT2D eigenvalue weighted by molar-refractivity contribution is 7.80. The van der Waals surface area contributed by atoms with Crippen molar-refractivity contribution in [2.24, 2.45) is 5.73 Å². The van der Waals surface area contributed by atoms with Crippen LogP contribution in [0.4, 0.5) is 26.3 Å². The van der Waals surface area contributed by atoms with Gasteiger partial charge < -0.3 is 5.73 Å². The van der Waals surface area contributed by atoms with Gasteiger partial charge in [0.2, 0.25) is 0 Å². The molecule has 0 bridgehead atoms. The summed E-state index contributed by atoms with van der Waals surface area (Å²) in [5.74, 6) is 0. The van der Waals surface area contributed by atoms with E-state index in [4.69, 9.17) is 5.73 Å². The van der Waals surface area contributed by atoms with Gasteiger partial charge in [-0.2, -0.15) is 26.3 Å². The van der Waals surface area contributed by atoms with Crippen LogP contribution in [0.5, 0.6) is 0 Å². The lowest BCUT2D eigenvalue weighted by Crippen LogP contribution is -2.18. The SMILES string of the molecule is NC(=S)Cc1ccc(C(F)(F)F)cc1C(F)(F)F. The van der Waals surface area contributed by atoms with E-state index < -0.39 is 29.9 Å². The highest BCUT2D eigenvalue weighted by Gasteiger charge is 2.37. The van der Waals surface area contributed by atoms with Crippen molar-refractivity contribution >= 4 is 17.2 Å². The minimum absolute atomic E-state index is 0.0631. The highest BCUT2D eigenvalue weighted by atomic mass is 32.1. The summed E-state index contributed by atoms with van der Waals surface area (Å²) in [5.41, 5.74) is 2.00. The van der Waals surface area contributed by atoms with Crippen LogP contribution in [0.25, 0.3) is 0 Å². The van der Waals surface area contributed by atoms with Crippen molar-refractivity contribution < 1.29 is 26.3 Å². The van der Waals surface area contributed by atoms with E-state index >= 15 is 0 Å². The molecule has 0 unspecified atom stereocenters. The average molecular weight is 287 g/mol. The lowest BCUT2D eigenvalue weighted by Gasteiger charge is -2.15. The zero-order valence-corrected chi connectivity index (χ0v) is 9.51. The van der Waals surface area contributed by atoms with E-state index in [0.717, 1.165) is 6.07 Å². The second-order valence-corrected chi connectivity index (χ2v) is 4.03. The van der Waals surface area contributed by atoms with Crippen LogP contribution in [0.3, 0.4) is 0 Å². The number of hydrogen-bond acceptors (Lipinski definition) is 1. The van der Waals surface area contributed by atoms with Crippen molar-refractivity contribution in [1.29, 1.82) is 0 Å². The molecule has 0 spiro atoms. The monoisotopic (exact) mass is 287 g/mol. The molecule has 8 heteroatoms. The first-order valence-corrected chi connectivity index (χ1v) is 4.98. The van der Waals surface area contributed by atoms with Crippen molar-refractivity contribution in [2.45, 2.75) is 18.8 Å². The minimum atomic E-state index is -4.89. The molecule has 0 fully saturated rings. The van der Waals surface area contributed by atoms with Gasteiger partial charge in [0.1, 0.15) is 0 Å². The van der Waals surface area contributed by atoms with Crippen LogP contribution in [-0.2, 0) is 18.8 Å². The molecule has 1 aromatic rings. The number of alkyl halides is 6. The number of thiocarbonyl (C=S) groups is 1. The van der Waals surface area contributed by atoms with Crippen LogP contribution in [0.15, 0.2) is 18.2 Å². The van der Waals surface area contributed by atoms with Gasteiger partial charge >= 0.3 is 12.4 Å². The third-order valence-electron chi connectivity index (χ3n) is 2.11. The molecule has 0 aliphatic rings. The van der Waals surface area contributed by atoms with E-state index in [0.29, 0.717) is 6.07 Å².